The fourth-order valence-corrected chi connectivity index (χ4v) is 4.01. The van der Waals surface area contributed by atoms with Crippen LogP contribution in [0.5, 0.6) is 17.6 Å². The molecule has 0 radical (unpaired) electrons. The first-order chi connectivity index (χ1) is 14.5. The second-order valence-corrected chi connectivity index (χ2v) is 7.19. The lowest BCUT2D eigenvalue weighted by Gasteiger charge is -2.52. The highest BCUT2D eigenvalue weighted by molar-refractivity contribution is 5.76. The Hall–Kier alpha value is -3.69. The van der Waals surface area contributed by atoms with Crippen LogP contribution in [0.25, 0.3) is 0 Å². The first-order valence-electron chi connectivity index (χ1n) is 9.27. The largest absolute Gasteiger partial charge is 0.417 e. The molecule has 0 saturated heterocycles. The molecule has 3 aromatic rings. The molecule has 154 valence electrons. The molecule has 1 aliphatic carbocycles. The minimum Gasteiger partial charge on any atom is -0.417 e. The molecule has 2 aliphatic rings. The van der Waals surface area contributed by atoms with Gasteiger partial charge in [0.25, 0.3) is 0 Å². The molecule has 1 spiro atoms. The van der Waals surface area contributed by atoms with E-state index in [1.54, 1.807) is 0 Å². The van der Waals surface area contributed by atoms with Crippen molar-refractivity contribution in [2.45, 2.75) is 31.3 Å². The van der Waals surface area contributed by atoms with Crippen molar-refractivity contribution in [1.29, 1.82) is 0 Å². The van der Waals surface area contributed by atoms with Crippen LogP contribution in [0.2, 0.25) is 0 Å². The second kappa shape index (κ2) is 6.68. The van der Waals surface area contributed by atoms with E-state index in [0.717, 1.165) is 6.42 Å². The lowest BCUT2D eigenvalue weighted by molar-refractivity contribution is -0.00182. The van der Waals surface area contributed by atoms with E-state index >= 15 is 4.39 Å². The number of anilines is 1. The van der Waals surface area contributed by atoms with Crippen LogP contribution in [-0.2, 0) is 12.1 Å². The topological polar surface area (TPSA) is 104 Å². The van der Waals surface area contributed by atoms with Crippen LogP contribution in [0.15, 0.2) is 41.3 Å². The van der Waals surface area contributed by atoms with Gasteiger partial charge in [0, 0.05) is 23.9 Å². The predicted octanol–water partition coefficient (Wildman–Crippen LogP) is 4.12. The van der Waals surface area contributed by atoms with Crippen molar-refractivity contribution in [3.8, 4) is 17.6 Å². The Morgan fingerprint density at radius 3 is 2.77 bits per heavy atom. The smallest absolute Gasteiger partial charge is 0.416 e. The van der Waals surface area contributed by atoms with Crippen LogP contribution in [-0.4, -0.2) is 21.0 Å². The zero-order valence-electron chi connectivity index (χ0n) is 15.6. The van der Waals surface area contributed by atoms with Gasteiger partial charge in [-0.05, 0) is 25.3 Å². The molecule has 30 heavy (non-hydrogen) atoms. The molecule has 1 amide bonds. The molecular weight excluding hydrogens is 398 g/mol. The number of amides is 1. The summed E-state index contributed by atoms with van der Waals surface area (Å²) in [6.45, 7) is -0.120. The summed E-state index contributed by atoms with van der Waals surface area (Å²) in [6, 6.07) is 4.04. The van der Waals surface area contributed by atoms with E-state index in [0.29, 0.717) is 12.8 Å². The van der Waals surface area contributed by atoms with Gasteiger partial charge in [0.1, 0.15) is 23.6 Å². The Bertz CT molecular complexity index is 1130. The third-order valence-electron chi connectivity index (χ3n) is 5.55. The SMILES string of the molecule is Nc1nccc(CN2C(=O)Oc3cc(Oc4ncco4)cc(F)c3C23CCC3)c1F. The van der Waals surface area contributed by atoms with Gasteiger partial charge in [-0.25, -0.2) is 18.6 Å². The summed E-state index contributed by atoms with van der Waals surface area (Å²) >= 11 is 0. The van der Waals surface area contributed by atoms with Crippen molar-refractivity contribution in [3.63, 3.8) is 0 Å². The number of hydrogen-bond donors (Lipinski definition) is 1. The molecular formula is C20H16F2N4O4. The summed E-state index contributed by atoms with van der Waals surface area (Å²) < 4.78 is 45.4. The van der Waals surface area contributed by atoms with E-state index in [1.165, 1.54) is 41.8 Å². The van der Waals surface area contributed by atoms with Gasteiger partial charge in [-0.1, -0.05) is 0 Å². The fraction of sp³-hybridized carbons (Fsp3) is 0.250. The number of nitrogens with zero attached hydrogens (tertiary/aromatic N) is 3. The number of oxazole rings is 1. The molecule has 8 nitrogen and oxygen atoms in total. The zero-order valence-corrected chi connectivity index (χ0v) is 15.6. The van der Waals surface area contributed by atoms with Gasteiger partial charge >= 0.3 is 12.2 Å². The van der Waals surface area contributed by atoms with Gasteiger partial charge in [0.2, 0.25) is 0 Å². The molecule has 1 saturated carbocycles. The van der Waals surface area contributed by atoms with E-state index in [2.05, 4.69) is 9.97 Å². The Morgan fingerprint density at radius 2 is 2.07 bits per heavy atom. The number of nitrogens with two attached hydrogens (primary N) is 1. The lowest BCUT2D eigenvalue weighted by Crippen LogP contribution is -2.57. The number of ether oxygens (including phenoxy) is 2. The highest BCUT2D eigenvalue weighted by atomic mass is 19.1. The summed E-state index contributed by atoms with van der Waals surface area (Å²) in [5.41, 5.74) is 5.03. The van der Waals surface area contributed by atoms with E-state index in [1.807, 2.05) is 0 Å². The van der Waals surface area contributed by atoms with Crippen LogP contribution in [0, 0.1) is 11.6 Å². The number of fused-ring (bicyclic) bond motifs is 2. The van der Waals surface area contributed by atoms with Crippen LogP contribution in [0.3, 0.4) is 0 Å². The number of halogens is 2. The quantitative estimate of drug-likeness (QED) is 0.685. The van der Waals surface area contributed by atoms with E-state index in [-0.39, 0.29) is 41.1 Å². The predicted molar refractivity (Wildman–Crippen MR) is 98.7 cm³/mol. The van der Waals surface area contributed by atoms with Crippen molar-refractivity contribution >= 4 is 11.9 Å². The third kappa shape index (κ3) is 2.75. The molecule has 1 fully saturated rings. The Balaban J connectivity index is 1.54. The van der Waals surface area contributed by atoms with Crippen molar-refractivity contribution in [3.05, 3.63) is 59.6 Å². The molecule has 0 bridgehead atoms. The maximum atomic E-state index is 15.2. The van der Waals surface area contributed by atoms with Crippen molar-refractivity contribution in [2.75, 3.05) is 5.73 Å². The Morgan fingerprint density at radius 1 is 1.23 bits per heavy atom. The van der Waals surface area contributed by atoms with Gasteiger partial charge in [-0.15, -0.1) is 0 Å². The molecule has 1 aliphatic heterocycles. The summed E-state index contributed by atoms with van der Waals surface area (Å²) in [6.07, 6.45) is 5.12. The van der Waals surface area contributed by atoms with Crippen molar-refractivity contribution < 1.29 is 27.5 Å². The first-order valence-corrected chi connectivity index (χ1v) is 9.27. The van der Waals surface area contributed by atoms with E-state index in [4.69, 9.17) is 19.6 Å². The minimum atomic E-state index is -0.930. The van der Waals surface area contributed by atoms with Gasteiger partial charge < -0.3 is 19.6 Å². The second-order valence-electron chi connectivity index (χ2n) is 7.19. The molecule has 0 atom stereocenters. The highest BCUT2D eigenvalue weighted by Crippen LogP contribution is 2.54. The third-order valence-corrected chi connectivity index (χ3v) is 5.55. The van der Waals surface area contributed by atoms with Crippen molar-refractivity contribution in [2.24, 2.45) is 0 Å². The molecule has 10 heteroatoms. The zero-order chi connectivity index (χ0) is 20.9. The number of carbonyl (C=O) groups is 1. The average molecular weight is 414 g/mol. The number of nitrogen functional groups attached to an aromatic ring is 1. The summed E-state index contributed by atoms with van der Waals surface area (Å²) in [5.74, 6) is -1.42. The van der Waals surface area contributed by atoms with Crippen LogP contribution in [0.1, 0.15) is 30.4 Å². The number of rotatable bonds is 4. The molecule has 3 heterocycles. The molecule has 1 aromatic carbocycles. The highest BCUT2D eigenvalue weighted by Gasteiger charge is 2.53. The molecule has 5 rings (SSSR count). The summed E-state index contributed by atoms with van der Waals surface area (Å²) in [4.78, 5) is 21.7. The average Bonchev–Trinajstić information content (AvgIpc) is 3.17. The standard InChI is InChI=1S/C20H16F2N4O4/c21-13-8-12(29-18-25-6-7-28-18)9-14-15(13)20(3-1-4-20)26(19(27)30-14)10-11-2-5-24-17(23)16(11)22/h2,5-9H,1,3-4,10H2,(H2,23,24). The van der Waals surface area contributed by atoms with Gasteiger partial charge in [-0.2, -0.15) is 4.98 Å². The van der Waals surface area contributed by atoms with E-state index in [9.17, 15) is 9.18 Å². The van der Waals surface area contributed by atoms with Crippen LogP contribution in [0.4, 0.5) is 19.4 Å². The maximum Gasteiger partial charge on any atom is 0.416 e. The molecule has 0 unspecified atom stereocenters. The number of hydrogen-bond acceptors (Lipinski definition) is 7. The number of carbonyl (C=O) groups excluding carboxylic acids is 1. The fourth-order valence-electron chi connectivity index (χ4n) is 4.01. The minimum absolute atomic E-state index is 0.0622. The normalized spacial score (nSPS) is 16.7. The first kappa shape index (κ1) is 18.3. The number of aromatic nitrogens is 2. The maximum absolute atomic E-state index is 15.2. The van der Waals surface area contributed by atoms with Gasteiger partial charge in [-0.3, -0.25) is 4.90 Å². The Kier molecular flexibility index (Phi) is 4.09. The van der Waals surface area contributed by atoms with Gasteiger partial charge in [0.05, 0.1) is 23.8 Å². The summed E-state index contributed by atoms with van der Waals surface area (Å²) in [7, 11) is 0. The lowest BCUT2D eigenvalue weighted by atomic mass is 9.69. The Labute approximate surface area is 169 Å². The molecule has 2 N–H and O–H groups in total. The van der Waals surface area contributed by atoms with E-state index < -0.39 is 23.3 Å². The summed E-state index contributed by atoms with van der Waals surface area (Å²) in [5, 5.41) is 0. The van der Waals surface area contributed by atoms with Gasteiger partial charge in [0.15, 0.2) is 11.6 Å². The molecule has 2 aromatic heterocycles. The number of benzene rings is 1. The number of pyridine rings is 1. The van der Waals surface area contributed by atoms with Crippen molar-refractivity contribution in [1.82, 2.24) is 14.9 Å². The van der Waals surface area contributed by atoms with Crippen LogP contribution >= 0.6 is 0 Å². The van der Waals surface area contributed by atoms with Crippen LogP contribution < -0.4 is 15.2 Å². The monoisotopic (exact) mass is 414 g/mol.